The molecule has 0 amide bonds. The summed E-state index contributed by atoms with van der Waals surface area (Å²) in [6.07, 6.45) is 3.32. The van der Waals surface area contributed by atoms with E-state index in [0.29, 0.717) is 11.6 Å². The van der Waals surface area contributed by atoms with E-state index < -0.39 is 5.97 Å². The van der Waals surface area contributed by atoms with E-state index in [-0.39, 0.29) is 0 Å². The molecule has 1 heterocycles. The van der Waals surface area contributed by atoms with Crippen LogP contribution < -0.4 is 4.90 Å². The molecule has 1 N–H and O–H groups in total. The van der Waals surface area contributed by atoms with Crippen LogP contribution in [0.15, 0.2) is 18.2 Å². The monoisotopic (exact) mass is 233 g/mol. The van der Waals surface area contributed by atoms with Gasteiger partial charge in [-0.05, 0) is 43.5 Å². The molecule has 1 aromatic rings. The number of nitrogens with zero attached hydrogens (tertiary/aromatic N) is 1. The van der Waals surface area contributed by atoms with Crippen LogP contribution in [-0.2, 0) is 6.42 Å². The Balaban J connectivity index is 2.24. The summed E-state index contributed by atoms with van der Waals surface area (Å²) in [7, 11) is 0. The summed E-state index contributed by atoms with van der Waals surface area (Å²) in [5.41, 5.74) is 2.79. The van der Waals surface area contributed by atoms with Crippen molar-refractivity contribution in [1.82, 2.24) is 0 Å². The second-order valence-electron chi connectivity index (χ2n) is 4.73. The highest BCUT2D eigenvalue weighted by molar-refractivity contribution is 5.88. The molecule has 17 heavy (non-hydrogen) atoms. The highest BCUT2D eigenvalue weighted by Gasteiger charge is 2.23. The quantitative estimate of drug-likeness (QED) is 0.869. The van der Waals surface area contributed by atoms with E-state index in [2.05, 4.69) is 18.7 Å². The molecule has 92 valence electrons. The number of aromatic carboxylic acids is 1. The zero-order chi connectivity index (χ0) is 12.4. The normalized spacial score (nSPS) is 15.8. The predicted octanol–water partition coefficient (Wildman–Crippen LogP) is 2.94. The maximum absolute atomic E-state index is 10.9. The molecule has 0 fully saturated rings. The second kappa shape index (κ2) is 4.78. The van der Waals surface area contributed by atoms with E-state index in [1.807, 2.05) is 12.1 Å². The molecule has 1 unspecified atom stereocenters. The highest BCUT2D eigenvalue weighted by Crippen LogP contribution is 2.31. The molecule has 3 heteroatoms. The first-order valence-electron chi connectivity index (χ1n) is 6.26. The molecule has 0 radical (unpaired) electrons. The van der Waals surface area contributed by atoms with Gasteiger partial charge in [-0.3, -0.25) is 0 Å². The first kappa shape index (κ1) is 12.0. The van der Waals surface area contributed by atoms with E-state index in [4.69, 9.17) is 5.11 Å². The van der Waals surface area contributed by atoms with Gasteiger partial charge in [0.15, 0.2) is 0 Å². The Morgan fingerprint density at radius 1 is 1.53 bits per heavy atom. The van der Waals surface area contributed by atoms with E-state index in [9.17, 15) is 4.79 Å². The number of carboxylic acids is 1. The largest absolute Gasteiger partial charge is 0.478 e. The smallest absolute Gasteiger partial charge is 0.335 e. The van der Waals surface area contributed by atoms with Gasteiger partial charge >= 0.3 is 5.97 Å². The number of hydrogen-bond donors (Lipinski definition) is 1. The van der Waals surface area contributed by atoms with Gasteiger partial charge in [-0.15, -0.1) is 0 Å². The van der Waals surface area contributed by atoms with Crippen LogP contribution in [0.5, 0.6) is 0 Å². The Labute approximate surface area is 102 Å². The number of benzene rings is 1. The maximum atomic E-state index is 10.9. The van der Waals surface area contributed by atoms with Crippen LogP contribution in [-0.4, -0.2) is 23.7 Å². The molecule has 3 nitrogen and oxygen atoms in total. The summed E-state index contributed by atoms with van der Waals surface area (Å²) in [6, 6.07) is 6.02. The number of carbonyl (C=O) groups is 1. The van der Waals surface area contributed by atoms with Crippen molar-refractivity contribution in [3.63, 3.8) is 0 Å². The van der Waals surface area contributed by atoms with Gasteiger partial charge in [0.2, 0.25) is 0 Å². The minimum Gasteiger partial charge on any atom is -0.478 e. The van der Waals surface area contributed by atoms with Gasteiger partial charge in [-0.1, -0.05) is 13.3 Å². The van der Waals surface area contributed by atoms with Crippen molar-refractivity contribution in [1.29, 1.82) is 0 Å². The fraction of sp³-hybridized carbons (Fsp3) is 0.500. The highest BCUT2D eigenvalue weighted by atomic mass is 16.4. The van der Waals surface area contributed by atoms with Crippen LogP contribution in [0.25, 0.3) is 0 Å². The van der Waals surface area contributed by atoms with Crippen molar-refractivity contribution in [2.45, 2.75) is 39.2 Å². The van der Waals surface area contributed by atoms with Gasteiger partial charge in [0.25, 0.3) is 0 Å². The number of anilines is 1. The number of hydrogen-bond acceptors (Lipinski definition) is 2. The van der Waals surface area contributed by atoms with Crippen molar-refractivity contribution >= 4 is 11.7 Å². The SMILES string of the molecule is CCCC(C)N1CCc2cc(C(=O)O)ccc21. The Morgan fingerprint density at radius 3 is 2.94 bits per heavy atom. The number of carboxylic acid groups (broad SMARTS) is 1. The Morgan fingerprint density at radius 2 is 2.29 bits per heavy atom. The van der Waals surface area contributed by atoms with E-state index in [1.54, 1.807) is 6.07 Å². The second-order valence-corrected chi connectivity index (χ2v) is 4.73. The fourth-order valence-corrected chi connectivity index (χ4v) is 2.59. The lowest BCUT2D eigenvalue weighted by atomic mass is 10.1. The minimum atomic E-state index is -0.840. The Bertz CT molecular complexity index is 428. The van der Waals surface area contributed by atoms with Crippen LogP contribution in [0.3, 0.4) is 0 Å². The summed E-state index contributed by atoms with van der Waals surface area (Å²) in [5, 5.41) is 8.96. The summed E-state index contributed by atoms with van der Waals surface area (Å²) < 4.78 is 0. The van der Waals surface area contributed by atoms with Gasteiger partial charge in [0.05, 0.1) is 5.56 Å². The zero-order valence-electron chi connectivity index (χ0n) is 10.4. The van der Waals surface area contributed by atoms with Gasteiger partial charge in [-0.2, -0.15) is 0 Å². The van der Waals surface area contributed by atoms with Crippen molar-refractivity contribution in [3.8, 4) is 0 Å². The molecule has 0 aliphatic carbocycles. The van der Waals surface area contributed by atoms with Crippen molar-refractivity contribution in [2.24, 2.45) is 0 Å². The van der Waals surface area contributed by atoms with Crippen LogP contribution in [0.1, 0.15) is 42.6 Å². The summed E-state index contributed by atoms with van der Waals surface area (Å²) in [5.74, 6) is -0.840. The standard InChI is InChI=1S/C14H19NO2/c1-3-4-10(2)15-8-7-11-9-12(14(16)17)5-6-13(11)15/h5-6,9-10H,3-4,7-8H2,1-2H3,(H,16,17). The topological polar surface area (TPSA) is 40.5 Å². The van der Waals surface area contributed by atoms with E-state index in [0.717, 1.165) is 13.0 Å². The third-order valence-electron chi connectivity index (χ3n) is 3.50. The van der Waals surface area contributed by atoms with Gasteiger partial charge in [0, 0.05) is 18.3 Å². The van der Waals surface area contributed by atoms with Crippen LogP contribution >= 0.6 is 0 Å². The molecule has 0 saturated heterocycles. The molecule has 0 bridgehead atoms. The molecular weight excluding hydrogens is 214 g/mol. The van der Waals surface area contributed by atoms with Crippen LogP contribution in [0, 0.1) is 0 Å². The lowest BCUT2D eigenvalue weighted by Crippen LogP contribution is -2.30. The third-order valence-corrected chi connectivity index (χ3v) is 3.50. The van der Waals surface area contributed by atoms with Crippen molar-refractivity contribution in [3.05, 3.63) is 29.3 Å². The zero-order valence-corrected chi connectivity index (χ0v) is 10.4. The molecule has 1 aliphatic heterocycles. The van der Waals surface area contributed by atoms with Crippen molar-refractivity contribution < 1.29 is 9.90 Å². The number of fused-ring (bicyclic) bond motifs is 1. The molecule has 1 atom stereocenters. The summed E-state index contributed by atoms with van der Waals surface area (Å²) in [6.45, 7) is 5.45. The molecule has 1 aromatic carbocycles. The lowest BCUT2D eigenvalue weighted by molar-refractivity contribution is 0.0697. The molecule has 0 saturated carbocycles. The molecule has 0 aromatic heterocycles. The average molecular weight is 233 g/mol. The summed E-state index contributed by atoms with van der Waals surface area (Å²) >= 11 is 0. The minimum absolute atomic E-state index is 0.397. The number of rotatable bonds is 4. The lowest BCUT2D eigenvalue weighted by Gasteiger charge is -2.27. The first-order chi connectivity index (χ1) is 8.13. The van der Waals surface area contributed by atoms with Crippen LogP contribution in [0.2, 0.25) is 0 Å². The van der Waals surface area contributed by atoms with Crippen LogP contribution in [0.4, 0.5) is 5.69 Å². The van der Waals surface area contributed by atoms with Crippen molar-refractivity contribution in [2.75, 3.05) is 11.4 Å². The average Bonchev–Trinajstić information content (AvgIpc) is 2.71. The fourth-order valence-electron chi connectivity index (χ4n) is 2.59. The van der Waals surface area contributed by atoms with Gasteiger partial charge in [0.1, 0.15) is 0 Å². The maximum Gasteiger partial charge on any atom is 0.335 e. The molecule has 2 rings (SSSR count). The summed E-state index contributed by atoms with van der Waals surface area (Å²) in [4.78, 5) is 13.3. The first-order valence-corrected chi connectivity index (χ1v) is 6.26. The Kier molecular flexibility index (Phi) is 3.36. The van der Waals surface area contributed by atoms with E-state index in [1.165, 1.54) is 24.1 Å². The molecule has 1 aliphatic rings. The molecule has 0 spiro atoms. The Hall–Kier alpha value is -1.51. The third kappa shape index (κ3) is 2.28. The predicted molar refractivity (Wildman–Crippen MR) is 68.8 cm³/mol. The van der Waals surface area contributed by atoms with E-state index >= 15 is 0 Å². The van der Waals surface area contributed by atoms with Gasteiger partial charge < -0.3 is 10.0 Å². The van der Waals surface area contributed by atoms with Gasteiger partial charge in [-0.25, -0.2) is 4.79 Å². The molecular formula is C14H19NO2.